The van der Waals surface area contributed by atoms with E-state index in [1.807, 2.05) is 13.8 Å². The van der Waals surface area contributed by atoms with Gasteiger partial charge in [-0.15, -0.1) is 0 Å². The molecule has 0 aliphatic carbocycles. The lowest BCUT2D eigenvalue weighted by atomic mass is 10.1. The van der Waals surface area contributed by atoms with E-state index in [4.69, 9.17) is 15.3 Å². The first-order valence-corrected chi connectivity index (χ1v) is 5.38. The fourth-order valence-electron chi connectivity index (χ4n) is 1.54. The lowest BCUT2D eigenvalue weighted by Crippen LogP contribution is -2.20. The number of nitrogens with zero attached hydrogens (tertiary/aromatic N) is 1. The lowest BCUT2D eigenvalue weighted by molar-refractivity contribution is -0.138. The third-order valence-corrected chi connectivity index (χ3v) is 2.55. The van der Waals surface area contributed by atoms with Crippen molar-refractivity contribution in [2.45, 2.75) is 25.8 Å². The van der Waals surface area contributed by atoms with Crippen LogP contribution in [-0.2, 0) is 4.79 Å². The summed E-state index contributed by atoms with van der Waals surface area (Å²) in [5, 5.41) is 8.83. The van der Waals surface area contributed by atoms with Gasteiger partial charge < -0.3 is 15.3 Å². The molecule has 0 amide bonds. The van der Waals surface area contributed by atoms with E-state index in [0.29, 0.717) is 17.0 Å². The third kappa shape index (κ3) is 2.14. The maximum atomic E-state index is 10.8. The quantitative estimate of drug-likeness (QED) is 0.848. The summed E-state index contributed by atoms with van der Waals surface area (Å²) in [5.41, 5.74) is 7.33. The maximum Gasteiger partial charge on any atom is 0.325 e. The Morgan fingerprint density at radius 2 is 2.18 bits per heavy atom. The third-order valence-electron chi connectivity index (χ3n) is 2.55. The molecule has 0 saturated carbocycles. The first-order chi connectivity index (χ1) is 7.99. The van der Waals surface area contributed by atoms with E-state index in [2.05, 4.69) is 4.98 Å². The second kappa shape index (κ2) is 4.18. The van der Waals surface area contributed by atoms with Crippen LogP contribution in [0.4, 0.5) is 0 Å². The Morgan fingerprint density at radius 1 is 1.47 bits per heavy atom. The lowest BCUT2D eigenvalue weighted by Gasteiger charge is -2.05. The molecule has 1 aromatic heterocycles. The number of aliphatic carboxylic acids is 1. The Morgan fingerprint density at radius 3 is 2.76 bits per heavy atom. The van der Waals surface area contributed by atoms with E-state index in [9.17, 15) is 4.79 Å². The van der Waals surface area contributed by atoms with Gasteiger partial charge in [0.15, 0.2) is 11.5 Å². The average Bonchev–Trinajstić information content (AvgIpc) is 2.70. The van der Waals surface area contributed by atoms with Crippen LogP contribution in [0.5, 0.6) is 0 Å². The van der Waals surface area contributed by atoms with Crippen molar-refractivity contribution in [1.82, 2.24) is 4.98 Å². The van der Waals surface area contributed by atoms with E-state index in [-0.39, 0.29) is 5.92 Å². The number of carbonyl (C=O) groups is 1. The van der Waals surface area contributed by atoms with Crippen LogP contribution in [0.15, 0.2) is 22.6 Å². The minimum atomic E-state index is -1.06. The van der Waals surface area contributed by atoms with Gasteiger partial charge in [0.25, 0.3) is 0 Å². The molecule has 90 valence electrons. The van der Waals surface area contributed by atoms with E-state index in [1.165, 1.54) is 0 Å². The summed E-state index contributed by atoms with van der Waals surface area (Å²) in [6, 6.07) is 3.98. The number of aromatic nitrogens is 1. The minimum Gasteiger partial charge on any atom is -0.480 e. The highest BCUT2D eigenvalue weighted by atomic mass is 16.4. The molecule has 2 rings (SSSR count). The normalized spacial score (nSPS) is 13.2. The van der Waals surface area contributed by atoms with E-state index in [1.54, 1.807) is 18.2 Å². The fourth-order valence-corrected chi connectivity index (χ4v) is 1.54. The van der Waals surface area contributed by atoms with Crippen LogP contribution in [0.1, 0.15) is 37.3 Å². The van der Waals surface area contributed by atoms with Gasteiger partial charge in [-0.2, -0.15) is 0 Å². The molecule has 0 saturated heterocycles. The van der Waals surface area contributed by atoms with Gasteiger partial charge in [-0.05, 0) is 17.7 Å². The average molecular weight is 234 g/mol. The van der Waals surface area contributed by atoms with Gasteiger partial charge in [-0.25, -0.2) is 4.98 Å². The number of hydrogen-bond donors (Lipinski definition) is 2. The molecule has 1 atom stereocenters. The molecule has 1 aromatic carbocycles. The van der Waals surface area contributed by atoms with Gasteiger partial charge in [0.2, 0.25) is 0 Å². The number of carboxylic acid groups (broad SMARTS) is 1. The molecule has 0 radical (unpaired) electrons. The number of hydrogen-bond acceptors (Lipinski definition) is 4. The molecule has 1 heterocycles. The highest BCUT2D eigenvalue weighted by Crippen LogP contribution is 2.23. The second-order valence-corrected chi connectivity index (χ2v) is 4.25. The summed E-state index contributed by atoms with van der Waals surface area (Å²) in [5.74, 6) is -0.229. The molecule has 1 unspecified atom stereocenters. The van der Waals surface area contributed by atoms with Crippen LogP contribution in [0.25, 0.3) is 11.1 Å². The molecule has 0 spiro atoms. The van der Waals surface area contributed by atoms with E-state index in [0.717, 1.165) is 5.52 Å². The molecule has 0 bridgehead atoms. The Labute approximate surface area is 98.2 Å². The number of nitrogens with two attached hydrogens (primary N) is 1. The summed E-state index contributed by atoms with van der Waals surface area (Å²) in [6.45, 7) is 3.96. The van der Waals surface area contributed by atoms with Crippen LogP contribution in [0, 0.1) is 0 Å². The largest absolute Gasteiger partial charge is 0.480 e. The van der Waals surface area contributed by atoms with Crippen LogP contribution in [-0.4, -0.2) is 16.1 Å². The zero-order chi connectivity index (χ0) is 12.6. The molecule has 2 aromatic rings. The molecule has 0 fully saturated rings. The van der Waals surface area contributed by atoms with Crippen LogP contribution in [0.2, 0.25) is 0 Å². The summed E-state index contributed by atoms with van der Waals surface area (Å²) in [7, 11) is 0. The monoisotopic (exact) mass is 234 g/mol. The predicted molar refractivity (Wildman–Crippen MR) is 62.7 cm³/mol. The molecule has 5 heteroatoms. The van der Waals surface area contributed by atoms with E-state index >= 15 is 0 Å². The second-order valence-electron chi connectivity index (χ2n) is 4.25. The molecule has 5 nitrogen and oxygen atoms in total. The maximum absolute atomic E-state index is 10.8. The summed E-state index contributed by atoms with van der Waals surface area (Å²) < 4.78 is 5.54. The minimum absolute atomic E-state index is 0.194. The smallest absolute Gasteiger partial charge is 0.325 e. The van der Waals surface area contributed by atoms with Crippen molar-refractivity contribution in [1.29, 1.82) is 0 Å². The first-order valence-electron chi connectivity index (χ1n) is 5.38. The topological polar surface area (TPSA) is 89.3 Å². The fraction of sp³-hybridized carbons (Fsp3) is 0.333. The number of benzene rings is 1. The van der Waals surface area contributed by atoms with Gasteiger partial charge in [0.1, 0.15) is 11.6 Å². The SMILES string of the molecule is CC(C)c1nc2ccc(C(N)C(=O)O)cc2o1. The van der Waals surface area contributed by atoms with Gasteiger partial charge in [0, 0.05) is 5.92 Å². The molecular formula is C12H14N2O3. The van der Waals surface area contributed by atoms with Crippen molar-refractivity contribution < 1.29 is 14.3 Å². The molecule has 17 heavy (non-hydrogen) atoms. The Bertz CT molecular complexity index is 560. The van der Waals surface area contributed by atoms with Crippen molar-refractivity contribution in [2.75, 3.05) is 0 Å². The van der Waals surface area contributed by atoms with Crippen molar-refractivity contribution in [3.05, 3.63) is 29.7 Å². The van der Waals surface area contributed by atoms with Gasteiger partial charge in [-0.1, -0.05) is 19.9 Å². The predicted octanol–water partition coefficient (Wildman–Crippen LogP) is 2.04. The number of oxazole rings is 1. The number of fused-ring (bicyclic) bond motifs is 1. The molecule has 3 N–H and O–H groups in total. The van der Waals surface area contributed by atoms with Crippen LogP contribution >= 0.6 is 0 Å². The summed E-state index contributed by atoms with van der Waals surface area (Å²) in [6.07, 6.45) is 0. The van der Waals surface area contributed by atoms with Gasteiger partial charge in [0.05, 0.1) is 0 Å². The zero-order valence-corrected chi connectivity index (χ0v) is 9.68. The molecule has 0 aliphatic rings. The van der Waals surface area contributed by atoms with Crippen LogP contribution < -0.4 is 5.73 Å². The van der Waals surface area contributed by atoms with Crippen molar-refractivity contribution in [3.8, 4) is 0 Å². The molecular weight excluding hydrogens is 220 g/mol. The summed E-state index contributed by atoms with van der Waals surface area (Å²) in [4.78, 5) is 15.1. The standard InChI is InChI=1S/C12H14N2O3/c1-6(2)11-14-8-4-3-7(5-9(8)17-11)10(13)12(15)16/h3-6,10H,13H2,1-2H3,(H,15,16). The number of rotatable bonds is 3. The summed E-state index contributed by atoms with van der Waals surface area (Å²) >= 11 is 0. The van der Waals surface area contributed by atoms with E-state index < -0.39 is 12.0 Å². The van der Waals surface area contributed by atoms with Crippen molar-refractivity contribution in [2.24, 2.45) is 5.73 Å². The Hall–Kier alpha value is -1.88. The highest BCUT2D eigenvalue weighted by Gasteiger charge is 2.16. The van der Waals surface area contributed by atoms with Crippen LogP contribution in [0.3, 0.4) is 0 Å². The Balaban J connectivity index is 2.46. The molecule has 0 aliphatic heterocycles. The Kier molecular flexibility index (Phi) is 2.85. The highest BCUT2D eigenvalue weighted by molar-refractivity contribution is 5.79. The van der Waals surface area contributed by atoms with Crippen molar-refractivity contribution in [3.63, 3.8) is 0 Å². The van der Waals surface area contributed by atoms with Gasteiger partial charge in [-0.3, -0.25) is 4.79 Å². The number of carboxylic acids is 1. The zero-order valence-electron chi connectivity index (χ0n) is 9.68. The first kappa shape index (κ1) is 11.6. The van der Waals surface area contributed by atoms with Crippen molar-refractivity contribution >= 4 is 17.1 Å². The van der Waals surface area contributed by atoms with Gasteiger partial charge >= 0.3 is 5.97 Å².